The minimum atomic E-state index is 0. The molecule has 25 heavy (non-hydrogen) atoms. The summed E-state index contributed by atoms with van der Waals surface area (Å²) in [6, 6.07) is 11.7. The zero-order valence-electron chi connectivity index (χ0n) is 14.3. The van der Waals surface area contributed by atoms with E-state index in [0.717, 1.165) is 51.1 Å². The number of methoxy groups -OCH3 is 1. The number of likely N-dealkylation sites (tertiary alicyclic amines) is 1. The van der Waals surface area contributed by atoms with Crippen LogP contribution < -0.4 is 10.2 Å². The lowest BCUT2D eigenvalue weighted by atomic mass is 10.1. The maximum atomic E-state index is 12.9. The number of ether oxygens (including phenoxy) is 1. The van der Waals surface area contributed by atoms with Gasteiger partial charge < -0.3 is 4.74 Å². The highest BCUT2D eigenvalue weighted by atomic mass is 35.5. The molecule has 0 N–H and O–H groups in total. The van der Waals surface area contributed by atoms with E-state index in [1.165, 1.54) is 19.3 Å². The van der Waals surface area contributed by atoms with E-state index in [-0.39, 0.29) is 17.8 Å². The Balaban J connectivity index is 0.00000182. The van der Waals surface area contributed by atoms with Crippen LogP contribution in [0.5, 0.6) is 5.75 Å². The number of fused-ring (bicyclic) bond motifs is 2. The first-order chi connectivity index (χ1) is 11.8. The summed E-state index contributed by atoms with van der Waals surface area (Å²) < 4.78 is 7.74. The average molecular weight is 376 g/mol. The molecule has 5 heteroatoms. The van der Waals surface area contributed by atoms with Gasteiger partial charge in [0.15, 0.2) is 5.43 Å². The number of piperidine rings is 1. The molecule has 0 aliphatic carbocycles. The molecule has 1 aromatic heterocycles. The van der Waals surface area contributed by atoms with E-state index in [1.54, 1.807) is 18.4 Å². The van der Waals surface area contributed by atoms with Crippen molar-refractivity contribution in [3.05, 3.63) is 52.2 Å². The van der Waals surface area contributed by atoms with Crippen molar-refractivity contribution < 1.29 is 4.74 Å². The Morgan fingerprint density at radius 1 is 1.04 bits per heavy atom. The highest BCUT2D eigenvalue weighted by Gasteiger charge is 2.18. The molecule has 1 aliphatic rings. The Hall–Kier alpha value is -1.62. The van der Waals surface area contributed by atoms with Gasteiger partial charge in [-0.05, 0) is 50.2 Å². The van der Waals surface area contributed by atoms with Gasteiger partial charge >= 0.3 is 0 Å². The monoisotopic (exact) mass is 375 g/mol. The normalized spacial score (nSPS) is 15.2. The molecule has 0 saturated carbocycles. The summed E-state index contributed by atoms with van der Waals surface area (Å²) in [6.07, 6.45) is 3.83. The molecule has 0 bridgehead atoms. The second kappa shape index (κ2) is 7.73. The number of nitrogens with zero attached hydrogens (tertiary/aromatic N) is 1. The minimum absolute atomic E-state index is 0. The zero-order chi connectivity index (χ0) is 16.5. The van der Waals surface area contributed by atoms with Crippen molar-refractivity contribution in [3.63, 3.8) is 0 Å². The molecule has 0 amide bonds. The van der Waals surface area contributed by atoms with Crippen LogP contribution >= 0.6 is 23.7 Å². The van der Waals surface area contributed by atoms with Gasteiger partial charge in [-0.2, -0.15) is 0 Å². The fourth-order valence-electron chi connectivity index (χ4n) is 3.59. The van der Waals surface area contributed by atoms with Crippen molar-refractivity contribution in [2.75, 3.05) is 20.2 Å². The van der Waals surface area contributed by atoms with Crippen molar-refractivity contribution in [2.24, 2.45) is 0 Å². The lowest BCUT2D eigenvalue weighted by molar-refractivity contribution is 0.219. The van der Waals surface area contributed by atoms with E-state index in [4.69, 9.17) is 4.74 Å². The van der Waals surface area contributed by atoms with Crippen LogP contribution in [0.4, 0.5) is 0 Å². The van der Waals surface area contributed by atoms with Gasteiger partial charge in [-0.25, -0.2) is 0 Å². The third-order valence-corrected chi connectivity index (χ3v) is 6.10. The van der Waals surface area contributed by atoms with E-state index >= 15 is 0 Å². The van der Waals surface area contributed by atoms with Gasteiger partial charge in [-0.3, -0.25) is 9.69 Å². The van der Waals surface area contributed by atoms with Crippen LogP contribution in [0.25, 0.3) is 20.2 Å². The molecule has 1 saturated heterocycles. The van der Waals surface area contributed by atoms with Gasteiger partial charge in [0, 0.05) is 32.3 Å². The summed E-state index contributed by atoms with van der Waals surface area (Å²) in [7, 11) is 1.71. The second-order valence-electron chi connectivity index (χ2n) is 6.39. The molecule has 0 radical (unpaired) electrons. The Labute approximate surface area is 157 Å². The Morgan fingerprint density at radius 2 is 1.80 bits per heavy atom. The summed E-state index contributed by atoms with van der Waals surface area (Å²) in [5.74, 6) is 0.888. The first-order valence-corrected chi connectivity index (χ1v) is 9.33. The lowest BCUT2D eigenvalue weighted by Crippen LogP contribution is -2.29. The van der Waals surface area contributed by atoms with Gasteiger partial charge in [0.1, 0.15) is 5.75 Å². The highest BCUT2D eigenvalue weighted by molar-refractivity contribution is 7.24. The molecule has 132 valence electrons. The van der Waals surface area contributed by atoms with Crippen molar-refractivity contribution >= 4 is 43.9 Å². The maximum Gasteiger partial charge on any atom is 0.195 e. The Bertz CT molecular complexity index is 947. The first kappa shape index (κ1) is 18.2. The molecular formula is C20H22ClNO2S. The maximum absolute atomic E-state index is 12.9. The van der Waals surface area contributed by atoms with Crippen LogP contribution in [0.3, 0.4) is 0 Å². The van der Waals surface area contributed by atoms with Crippen molar-refractivity contribution in [1.82, 2.24) is 4.90 Å². The van der Waals surface area contributed by atoms with Crippen molar-refractivity contribution in [3.8, 4) is 5.75 Å². The Kier molecular flexibility index (Phi) is 5.62. The van der Waals surface area contributed by atoms with Gasteiger partial charge in [-0.1, -0.05) is 18.6 Å². The third-order valence-electron chi connectivity index (χ3n) is 4.86. The van der Waals surface area contributed by atoms with E-state index in [2.05, 4.69) is 4.90 Å². The smallest absolute Gasteiger partial charge is 0.195 e. The standard InChI is InChI=1S/C20H21NO2S.ClH/c1-23-17-10-9-15-19(22)14-7-3-4-8-18(14)24-20(15)16(17)13-21-11-5-2-6-12-21;/h3-4,7-10H,2,5-6,11-13H2,1H3;1H. The van der Waals surface area contributed by atoms with Gasteiger partial charge in [0.05, 0.1) is 7.11 Å². The van der Waals surface area contributed by atoms with Gasteiger partial charge in [-0.15, -0.1) is 23.7 Å². The van der Waals surface area contributed by atoms with E-state index < -0.39 is 0 Å². The predicted octanol–water partition coefficient (Wildman–Crippen LogP) is 4.83. The summed E-state index contributed by atoms with van der Waals surface area (Å²) >= 11 is 1.70. The quantitative estimate of drug-likeness (QED) is 0.614. The molecule has 3 nitrogen and oxygen atoms in total. The van der Waals surface area contributed by atoms with Crippen LogP contribution in [-0.2, 0) is 6.54 Å². The average Bonchev–Trinajstić information content (AvgIpc) is 2.63. The molecule has 2 heterocycles. The van der Waals surface area contributed by atoms with E-state index in [0.29, 0.717) is 0 Å². The molecule has 0 unspecified atom stereocenters. The largest absolute Gasteiger partial charge is 0.496 e. The molecule has 2 aromatic carbocycles. The van der Waals surface area contributed by atoms with Gasteiger partial charge in [0.25, 0.3) is 0 Å². The molecule has 1 aliphatic heterocycles. The lowest BCUT2D eigenvalue weighted by Gasteiger charge is -2.27. The van der Waals surface area contributed by atoms with Crippen molar-refractivity contribution in [2.45, 2.75) is 25.8 Å². The number of benzene rings is 2. The summed E-state index contributed by atoms with van der Waals surface area (Å²) in [5, 5.41) is 1.62. The number of halogens is 1. The summed E-state index contributed by atoms with van der Waals surface area (Å²) in [5.41, 5.74) is 1.28. The SMILES string of the molecule is COc1ccc2c(=O)c3ccccc3sc2c1CN1CCCCC1.Cl. The predicted molar refractivity (Wildman–Crippen MR) is 109 cm³/mol. The fraction of sp³-hybridized carbons (Fsp3) is 0.350. The molecule has 1 fully saturated rings. The number of rotatable bonds is 3. The topological polar surface area (TPSA) is 29.5 Å². The molecule has 4 rings (SSSR count). The molecular weight excluding hydrogens is 354 g/mol. The van der Waals surface area contributed by atoms with E-state index in [9.17, 15) is 4.79 Å². The molecule has 0 atom stereocenters. The van der Waals surface area contributed by atoms with Crippen LogP contribution in [0.15, 0.2) is 41.2 Å². The minimum Gasteiger partial charge on any atom is -0.496 e. The van der Waals surface area contributed by atoms with Gasteiger partial charge in [0.2, 0.25) is 0 Å². The second-order valence-corrected chi connectivity index (χ2v) is 7.44. The first-order valence-electron chi connectivity index (χ1n) is 8.52. The summed E-state index contributed by atoms with van der Waals surface area (Å²) in [6.45, 7) is 3.11. The fourth-order valence-corrected chi connectivity index (χ4v) is 4.78. The zero-order valence-corrected chi connectivity index (χ0v) is 15.9. The Morgan fingerprint density at radius 3 is 2.56 bits per heavy atom. The number of hydrogen-bond acceptors (Lipinski definition) is 4. The van der Waals surface area contributed by atoms with E-state index in [1.807, 2.05) is 36.4 Å². The summed E-state index contributed by atoms with van der Waals surface area (Å²) in [4.78, 5) is 15.4. The molecule has 3 aromatic rings. The van der Waals surface area contributed by atoms with Crippen LogP contribution in [0.1, 0.15) is 24.8 Å². The third kappa shape index (κ3) is 3.39. The van der Waals surface area contributed by atoms with Crippen LogP contribution in [0.2, 0.25) is 0 Å². The van der Waals surface area contributed by atoms with Crippen LogP contribution in [0, 0.1) is 0 Å². The van der Waals surface area contributed by atoms with Crippen LogP contribution in [-0.4, -0.2) is 25.1 Å². The van der Waals surface area contributed by atoms with Crippen molar-refractivity contribution in [1.29, 1.82) is 0 Å². The highest BCUT2D eigenvalue weighted by Crippen LogP contribution is 2.34. The number of hydrogen-bond donors (Lipinski definition) is 0. The molecule has 0 spiro atoms.